The van der Waals surface area contributed by atoms with Crippen LogP contribution in [0.4, 0.5) is 0 Å². The minimum atomic E-state index is -4.64. The SMILES string of the molecule is COc1ccc2c(c1)[nH]c1c(C)nccc12.O=P(O)(O)O. The zero-order valence-corrected chi connectivity index (χ0v) is 12.3. The van der Waals surface area contributed by atoms with Crippen LogP contribution in [0, 0.1) is 6.92 Å². The number of nitrogens with zero attached hydrogens (tertiary/aromatic N) is 1. The monoisotopic (exact) mass is 310 g/mol. The molecule has 0 saturated carbocycles. The van der Waals surface area contributed by atoms with Gasteiger partial charge in [0.1, 0.15) is 5.75 Å². The minimum absolute atomic E-state index is 0.865. The van der Waals surface area contributed by atoms with E-state index in [0.717, 1.165) is 22.5 Å². The Morgan fingerprint density at radius 2 is 1.86 bits per heavy atom. The summed E-state index contributed by atoms with van der Waals surface area (Å²) < 4.78 is 14.1. The molecule has 2 heterocycles. The largest absolute Gasteiger partial charge is 0.497 e. The molecule has 0 unspecified atom stereocenters. The summed E-state index contributed by atoms with van der Waals surface area (Å²) in [5, 5.41) is 2.42. The van der Waals surface area contributed by atoms with Crippen LogP contribution in [0.5, 0.6) is 5.75 Å². The molecule has 1 aromatic carbocycles. The number of hydrogen-bond donors (Lipinski definition) is 4. The summed E-state index contributed by atoms with van der Waals surface area (Å²) in [5.74, 6) is 0.865. The van der Waals surface area contributed by atoms with Crippen molar-refractivity contribution in [3.05, 3.63) is 36.2 Å². The summed E-state index contributed by atoms with van der Waals surface area (Å²) in [5.41, 5.74) is 3.21. The van der Waals surface area contributed by atoms with Crippen molar-refractivity contribution in [2.24, 2.45) is 0 Å². The number of hydrogen-bond acceptors (Lipinski definition) is 3. The fourth-order valence-electron chi connectivity index (χ4n) is 2.07. The third-order valence-corrected chi connectivity index (χ3v) is 2.92. The highest BCUT2D eigenvalue weighted by molar-refractivity contribution is 7.45. The van der Waals surface area contributed by atoms with Gasteiger partial charge in [-0.2, -0.15) is 0 Å². The molecule has 3 aromatic rings. The van der Waals surface area contributed by atoms with Crippen molar-refractivity contribution in [3.8, 4) is 5.75 Å². The molecule has 0 aliphatic heterocycles. The summed E-state index contributed by atoms with van der Waals surface area (Å²) in [4.78, 5) is 29.2. The third kappa shape index (κ3) is 3.80. The maximum absolute atomic E-state index is 8.88. The Balaban J connectivity index is 0.000000282. The second-order valence-corrected chi connectivity index (χ2v) is 5.40. The molecule has 2 aromatic heterocycles. The molecular weight excluding hydrogens is 295 g/mol. The Morgan fingerprint density at radius 3 is 2.48 bits per heavy atom. The minimum Gasteiger partial charge on any atom is -0.497 e. The van der Waals surface area contributed by atoms with Gasteiger partial charge in [-0.3, -0.25) is 4.98 Å². The number of pyridine rings is 1. The molecule has 4 N–H and O–H groups in total. The fraction of sp³-hybridized carbons (Fsp3) is 0.154. The van der Waals surface area contributed by atoms with Crippen LogP contribution in [-0.2, 0) is 4.57 Å². The molecule has 3 rings (SSSR count). The maximum Gasteiger partial charge on any atom is 0.466 e. The van der Waals surface area contributed by atoms with Gasteiger partial charge >= 0.3 is 7.82 Å². The van der Waals surface area contributed by atoms with Crippen LogP contribution in [0.3, 0.4) is 0 Å². The van der Waals surface area contributed by atoms with Crippen molar-refractivity contribution >= 4 is 29.6 Å². The Bertz CT molecular complexity index is 816. The number of nitrogens with one attached hydrogen (secondary N) is 1. The number of ether oxygens (including phenoxy) is 1. The first-order valence-corrected chi connectivity index (χ1v) is 7.55. The van der Waals surface area contributed by atoms with Gasteiger partial charge < -0.3 is 24.4 Å². The number of rotatable bonds is 1. The van der Waals surface area contributed by atoms with Crippen molar-refractivity contribution in [2.75, 3.05) is 7.11 Å². The first-order valence-electron chi connectivity index (χ1n) is 5.99. The normalized spacial score (nSPS) is 11.3. The predicted molar refractivity (Wildman–Crippen MR) is 79.2 cm³/mol. The topological polar surface area (TPSA) is 116 Å². The van der Waals surface area contributed by atoms with Crippen LogP contribution < -0.4 is 4.74 Å². The molecule has 0 spiro atoms. The van der Waals surface area contributed by atoms with Gasteiger partial charge in [0.2, 0.25) is 0 Å². The van der Waals surface area contributed by atoms with E-state index in [2.05, 4.69) is 16.0 Å². The number of aryl methyl sites for hydroxylation is 1. The smallest absolute Gasteiger partial charge is 0.466 e. The highest BCUT2D eigenvalue weighted by atomic mass is 31.2. The lowest BCUT2D eigenvalue weighted by Gasteiger charge is -1.98. The molecule has 0 bridgehead atoms. The lowest BCUT2D eigenvalue weighted by atomic mass is 10.1. The van der Waals surface area contributed by atoms with Crippen LogP contribution in [0.15, 0.2) is 30.5 Å². The standard InChI is InChI=1S/C13H12N2O.H3O4P/c1-8-13-11(5-6-14-8)10-4-3-9(16-2)7-12(10)15-13;1-5(2,3)4/h3-7,15H,1-2H3;(H3,1,2,3,4). The number of fused-ring (bicyclic) bond motifs is 3. The molecule has 0 atom stereocenters. The van der Waals surface area contributed by atoms with Crippen molar-refractivity contribution in [2.45, 2.75) is 6.92 Å². The van der Waals surface area contributed by atoms with E-state index >= 15 is 0 Å². The molecular formula is C13H15N2O5P. The third-order valence-electron chi connectivity index (χ3n) is 2.92. The number of phosphoric acid groups is 1. The van der Waals surface area contributed by atoms with Crippen molar-refractivity contribution < 1.29 is 24.0 Å². The second-order valence-electron chi connectivity index (χ2n) is 4.37. The Labute approximate surface area is 120 Å². The summed E-state index contributed by atoms with van der Waals surface area (Å²) >= 11 is 0. The summed E-state index contributed by atoms with van der Waals surface area (Å²) in [6.07, 6.45) is 1.84. The van der Waals surface area contributed by atoms with Crippen molar-refractivity contribution in [1.82, 2.24) is 9.97 Å². The lowest BCUT2D eigenvalue weighted by Crippen LogP contribution is -1.80. The number of aromatic amines is 1. The van der Waals surface area contributed by atoms with Gasteiger partial charge in [-0.25, -0.2) is 4.57 Å². The van der Waals surface area contributed by atoms with Crippen LogP contribution in [-0.4, -0.2) is 31.8 Å². The zero-order valence-electron chi connectivity index (χ0n) is 11.4. The molecule has 112 valence electrons. The van der Waals surface area contributed by atoms with E-state index in [-0.39, 0.29) is 0 Å². The summed E-state index contributed by atoms with van der Waals surface area (Å²) in [6, 6.07) is 8.10. The predicted octanol–water partition coefficient (Wildman–Crippen LogP) is 2.10. The van der Waals surface area contributed by atoms with Crippen LogP contribution in [0.25, 0.3) is 21.8 Å². The molecule has 8 heteroatoms. The van der Waals surface area contributed by atoms with Crippen LogP contribution in [0.2, 0.25) is 0 Å². The van der Waals surface area contributed by atoms with Gasteiger partial charge in [0.15, 0.2) is 0 Å². The fourth-order valence-corrected chi connectivity index (χ4v) is 2.07. The van der Waals surface area contributed by atoms with E-state index in [1.807, 2.05) is 31.3 Å². The van der Waals surface area contributed by atoms with Gasteiger partial charge in [-0.15, -0.1) is 0 Å². The quantitative estimate of drug-likeness (QED) is 0.512. The Morgan fingerprint density at radius 1 is 1.19 bits per heavy atom. The van der Waals surface area contributed by atoms with E-state index in [1.165, 1.54) is 10.8 Å². The highest BCUT2D eigenvalue weighted by Crippen LogP contribution is 2.28. The van der Waals surface area contributed by atoms with Gasteiger partial charge in [-0.1, -0.05) is 0 Å². The van der Waals surface area contributed by atoms with Gasteiger partial charge in [0.25, 0.3) is 0 Å². The van der Waals surface area contributed by atoms with Crippen molar-refractivity contribution in [3.63, 3.8) is 0 Å². The Kier molecular flexibility index (Phi) is 4.29. The number of benzene rings is 1. The lowest BCUT2D eigenvalue weighted by molar-refractivity contribution is 0.275. The summed E-state index contributed by atoms with van der Waals surface area (Å²) in [6.45, 7) is 2.01. The number of aromatic nitrogens is 2. The zero-order chi connectivity index (χ0) is 15.6. The number of methoxy groups -OCH3 is 1. The number of H-pyrrole nitrogens is 1. The van der Waals surface area contributed by atoms with Gasteiger partial charge in [0, 0.05) is 23.0 Å². The molecule has 0 radical (unpaired) electrons. The van der Waals surface area contributed by atoms with Crippen molar-refractivity contribution in [1.29, 1.82) is 0 Å². The van der Waals surface area contributed by atoms with Crippen LogP contribution >= 0.6 is 7.82 Å². The molecule has 0 aliphatic rings. The molecule has 7 nitrogen and oxygen atoms in total. The molecule has 0 saturated heterocycles. The van der Waals surface area contributed by atoms with E-state index in [1.54, 1.807) is 7.11 Å². The molecule has 0 fully saturated rings. The first kappa shape index (κ1) is 15.5. The second kappa shape index (κ2) is 5.83. The van der Waals surface area contributed by atoms with E-state index in [4.69, 9.17) is 24.0 Å². The van der Waals surface area contributed by atoms with Gasteiger partial charge in [0.05, 0.1) is 23.8 Å². The van der Waals surface area contributed by atoms with Gasteiger partial charge in [-0.05, 0) is 25.1 Å². The summed E-state index contributed by atoms with van der Waals surface area (Å²) in [7, 11) is -2.96. The van der Waals surface area contributed by atoms with E-state index in [0.29, 0.717) is 0 Å². The highest BCUT2D eigenvalue weighted by Gasteiger charge is 2.06. The first-order chi connectivity index (χ1) is 9.79. The molecule has 0 amide bonds. The van der Waals surface area contributed by atoms with Crippen LogP contribution in [0.1, 0.15) is 5.69 Å². The Hall–Kier alpha value is -1.92. The molecule has 0 aliphatic carbocycles. The molecule has 21 heavy (non-hydrogen) atoms. The average Bonchev–Trinajstić information content (AvgIpc) is 2.76. The maximum atomic E-state index is 8.88. The average molecular weight is 310 g/mol. The van der Waals surface area contributed by atoms with E-state index in [9.17, 15) is 0 Å². The van der Waals surface area contributed by atoms with E-state index < -0.39 is 7.82 Å².